The molecule has 0 fully saturated rings. The van der Waals surface area contributed by atoms with E-state index in [4.69, 9.17) is 16.8 Å². The van der Waals surface area contributed by atoms with E-state index in [1.54, 1.807) is 0 Å². The number of hydrogen-bond donors (Lipinski definition) is 0. The van der Waals surface area contributed by atoms with E-state index >= 15 is 0 Å². The Balaban J connectivity index is 1.44. The molecule has 7 rings (SSSR count). The highest BCUT2D eigenvalue weighted by Gasteiger charge is 2.24. The van der Waals surface area contributed by atoms with Crippen LogP contribution in [0.5, 0.6) is 0 Å². The van der Waals surface area contributed by atoms with Crippen molar-refractivity contribution in [2.45, 2.75) is 0 Å². The highest BCUT2D eigenvalue weighted by atomic mass is 32.4. The summed E-state index contributed by atoms with van der Waals surface area (Å²) in [7, 11) is 0. The zero-order chi connectivity index (χ0) is 25.5. The van der Waals surface area contributed by atoms with Gasteiger partial charge in [0.15, 0.2) is 0 Å². The third-order valence-corrected chi connectivity index (χ3v) is 12.4. The second kappa shape index (κ2) is 9.33. The van der Waals surface area contributed by atoms with Gasteiger partial charge in [-0.1, -0.05) is 139 Å². The molecule has 1 aromatic heterocycles. The molecule has 0 spiro atoms. The van der Waals surface area contributed by atoms with Crippen LogP contribution in [-0.2, 0) is 11.8 Å². The predicted molar refractivity (Wildman–Crippen MR) is 168 cm³/mol. The fourth-order valence-electron chi connectivity index (χ4n) is 5.53. The second-order valence-corrected chi connectivity index (χ2v) is 13.9. The molecule has 0 amide bonds. The summed E-state index contributed by atoms with van der Waals surface area (Å²) in [5, 5.41) is 9.68. The molecule has 1 nitrogen and oxygen atoms in total. The average Bonchev–Trinajstić information content (AvgIpc) is 3.01. The minimum Gasteiger partial charge on any atom is -0.256 e. The monoisotopic (exact) mass is 521 g/mol. The van der Waals surface area contributed by atoms with Gasteiger partial charge < -0.3 is 0 Å². The molecule has 0 atom stereocenters. The highest BCUT2D eigenvalue weighted by Crippen LogP contribution is 2.43. The minimum atomic E-state index is -2.19. The van der Waals surface area contributed by atoms with E-state index in [1.807, 2.05) is 12.3 Å². The molecule has 0 saturated carbocycles. The Morgan fingerprint density at radius 1 is 0.474 bits per heavy atom. The lowest BCUT2D eigenvalue weighted by Gasteiger charge is -2.24. The number of nitrogens with zero attached hydrogens (tertiary/aromatic N) is 1. The predicted octanol–water partition coefficient (Wildman–Crippen LogP) is 7.96. The van der Waals surface area contributed by atoms with E-state index < -0.39 is 6.04 Å². The molecule has 0 aliphatic heterocycles. The van der Waals surface area contributed by atoms with Crippen molar-refractivity contribution in [3.63, 3.8) is 0 Å². The molecule has 6 aromatic carbocycles. The van der Waals surface area contributed by atoms with Crippen molar-refractivity contribution in [1.82, 2.24) is 4.98 Å². The smallest absolute Gasteiger partial charge is 0.0786 e. The SMILES string of the molecule is S=P(c1ccccc1)(c1ccccc1)c1ccc(-c2cc3c4ccccc4ccc3c3ncccc23)cc1. The molecule has 0 saturated heterocycles. The molecule has 0 aliphatic rings. The summed E-state index contributed by atoms with van der Waals surface area (Å²) in [6.45, 7) is 0. The Labute approximate surface area is 227 Å². The number of aromatic nitrogens is 1. The van der Waals surface area contributed by atoms with Crippen LogP contribution in [0, 0.1) is 0 Å². The van der Waals surface area contributed by atoms with Crippen LogP contribution < -0.4 is 15.9 Å². The molecule has 0 aliphatic carbocycles. The van der Waals surface area contributed by atoms with Crippen LogP contribution in [0.3, 0.4) is 0 Å². The fourth-order valence-corrected chi connectivity index (χ4v) is 9.27. The molecule has 0 N–H and O–H groups in total. The molecule has 0 bridgehead atoms. The first-order chi connectivity index (χ1) is 18.7. The lowest BCUT2D eigenvalue weighted by atomic mass is 9.93. The van der Waals surface area contributed by atoms with E-state index in [0.717, 1.165) is 10.9 Å². The van der Waals surface area contributed by atoms with Gasteiger partial charge in [-0.2, -0.15) is 0 Å². The minimum absolute atomic E-state index is 1.04. The Kier molecular flexibility index (Phi) is 5.66. The average molecular weight is 522 g/mol. The molecule has 3 heteroatoms. The fraction of sp³-hybridized carbons (Fsp3) is 0. The largest absolute Gasteiger partial charge is 0.256 e. The van der Waals surface area contributed by atoms with Crippen LogP contribution in [0.2, 0.25) is 0 Å². The standard InChI is InChI=1S/C35H24NPS/c38-37(27-11-3-1-4-12-27,28-13-5-2-6-14-28)29-20-17-26(18-21-29)33-24-34-30-15-8-7-10-25(30)19-22-32(34)35-31(33)16-9-23-36-35/h1-24H. The van der Waals surface area contributed by atoms with E-state index in [1.165, 1.54) is 48.6 Å². The molecule has 0 radical (unpaired) electrons. The van der Waals surface area contributed by atoms with Gasteiger partial charge in [-0.15, -0.1) is 0 Å². The third kappa shape index (κ3) is 3.69. The lowest BCUT2D eigenvalue weighted by Crippen LogP contribution is -2.24. The molecule has 180 valence electrons. The van der Waals surface area contributed by atoms with Crippen LogP contribution in [-0.4, -0.2) is 4.98 Å². The molecule has 38 heavy (non-hydrogen) atoms. The zero-order valence-electron chi connectivity index (χ0n) is 20.7. The Morgan fingerprint density at radius 2 is 1.08 bits per heavy atom. The van der Waals surface area contributed by atoms with E-state index in [0.29, 0.717) is 0 Å². The lowest BCUT2D eigenvalue weighted by molar-refractivity contribution is 1.43. The molecule has 1 heterocycles. The third-order valence-electron chi connectivity index (χ3n) is 7.39. The van der Waals surface area contributed by atoms with Gasteiger partial charge in [-0.05, 0) is 55.3 Å². The Morgan fingerprint density at radius 3 is 1.79 bits per heavy atom. The molecule has 0 unspecified atom stereocenters. The first kappa shape index (κ1) is 23.0. The first-order valence-corrected chi connectivity index (χ1v) is 15.6. The summed E-state index contributed by atoms with van der Waals surface area (Å²) in [5.74, 6) is 0. The van der Waals surface area contributed by atoms with Crippen LogP contribution in [0.4, 0.5) is 0 Å². The van der Waals surface area contributed by atoms with Gasteiger partial charge in [0.1, 0.15) is 0 Å². The van der Waals surface area contributed by atoms with Crippen molar-refractivity contribution in [3.05, 3.63) is 146 Å². The van der Waals surface area contributed by atoms with Crippen molar-refractivity contribution < 1.29 is 0 Å². The van der Waals surface area contributed by atoms with Crippen LogP contribution >= 0.6 is 6.04 Å². The normalized spacial score (nSPS) is 11.8. The van der Waals surface area contributed by atoms with Gasteiger partial charge in [-0.3, -0.25) is 4.98 Å². The van der Waals surface area contributed by atoms with Gasteiger partial charge in [0.05, 0.1) is 5.52 Å². The summed E-state index contributed by atoms with van der Waals surface area (Å²) in [6, 6.07) is 47.5. The van der Waals surface area contributed by atoms with E-state index in [-0.39, 0.29) is 0 Å². The molecular weight excluding hydrogens is 497 g/mol. The topological polar surface area (TPSA) is 12.9 Å². The first-order valence-electron chi connectivity index (χ1n) is 12.7. The maximum atomic E-state index is 6.56. The zero-order valence-corrected chi connectivity index (χ0v) is 22.4. The van der Waals surface area contributed by atoms with E-state index in [2.05, 4.69) is 133 Å². The maximum absolute atomic E-state index is 6.56. The second-order valence-electron chi connectivity index (χ2n) is 9.53. The summed E-state index contributed by atoms with van der Waals surface area (Å²) in [4.78, 5) is 4.83. The van der Waals surface area contributed by atoms with Gasteiger partial charge in [0.25, 0.3) is 0 Å². The van der Waals surface area contributed by atoms with Gasteiger partial charge in [0, 0.05) is 23.0 Å². The molecule has 7 aromatic rings. The summed E-state index contributed by atoms with van der Waals surface area (Å²) >= 11 is 6.56. The van der Waals surface area contributed by atoms with Crippen LogP contribution in [0.25, 0.3) is 43.6 Å². The maximum Gasteiger partial charge on any atom is 0.0786 e. The number of rotatable bonds is 4. The highest BCUT2D eigenvalue weighted by molar-refractivity contribution is 8.25. The van der Waals surface area contributed by atoms with Crippen molar-refractivity contribution in [2.75, 3.05) is 0 Å². The van der Waals surface area contributed by atoms with E-state index in [9.17, 15) is 0 Å². The molecular formula is C35H24NPS. The number of fused-ring (bicyclic) bond motifs is 5. The summed E-state index contributed by atoms with van der Waals surface area (Å²) < 4.78 is 0. The van der Waals surface area contributed by atoms with Gasteiger partial charge in [0.2, 0.25) is 0 Å². The number of hydrogen-bond acceptors (Lipinski definition) is 2. The van der Waals surface area contributed by atoms with Crippen molar-refractivity contribution in [1.29, 1.82) is 0 Å². The number of benzene rings is 6. The van der Waals surface area contributed by atoms with Crippen LogP contribution in [0.15, 0.2) is 146 Å². The van der Waals surface area contributed by atoms with Crippen molar-refractivity contribution >= 4 is 66.2 Å². The number of pyridine rings is 1. The quantitative estimate of drug-likeness (QED) is 0.172. The van der Waals surface area contributed by atoms with Crippen LogP contribution in [0.1, 0.15) is 0 Å². The van der Waals surface area contributed by atoms with Gasteiger partial charge >= 0.3 is 0 Å². The van der Waals surface area contributed by atoms with Gasteiger partial charge in [-0.25, -0.2) is 0 Å². The Hall–Kier alpha value is -4.10. The summed E-state index contributed by atoms with van der Waals surface area (Å²) in [6.07, 6.45) is 1.89. The van der Waals surface area contributed by atoms with Crippen molar-refractivity contribution in [3.8, 4) is 11.1 Å². The summed E-state index contributed by atoms with van der Waals surface area (Å²) in [5.41, 5.74) is 3.40. The van der Waals surface area contributed by atoms with Crippen molar-refractivity contribution in [2.24, 2.45) is 0 Å². The Bertz CT molecular complexity index is 1940.